The summed E-state index contributed by atoms with van der Waals surface area (Å²) in [6.07, 6.45) is 2.42. The first-order chi connectivity index (χ1) is 6.31. The first-order valence-electron chi connectivity index (χ1n) is 5.61. The van der Waals surface area contributed by atoms with Crippen LogP contribution in [0.25, 0.3) is 0 Å². The van der Waals surface area contributed by atoms with Gasteiger partial charge in [0.05, 0.1) is 12.2 Å². The highest BCUT2D eigenvalue weighted by Crippen LogP contribution is 2.47. The van der Waals surface area contributed by atoms with Crippen molar-refractivity contribution < 1.29 is 9.16 Å². The Morgan fingerprint density at radius 1 is 1.36 bits per heavy atom. The summed E-state index contributed by atoms with van der Waals surface area (Å²) < 4.78 is 11.6. The average molecular weight is 214 g/mol. The van der Waals surface area contributed by atoms with Crippen LogP contribution in [0.1, 0.15) is 27.2 Å². The van der Waals surface area contributed by atoms with Gasteiger partial charge in [0.2, 0.25) is 0 Å². The minimum absolute atomic E-state index is 0.334. The van der Waals surface area contributed by atoms with Crippen LogP contribution in [-0.2, 0) is 9.16 Å². The maximum absolute atomic E-state index is 6.15. The van der Waals surface area contributed by atoms with Gasteiger partial charge in [-0.15, -0.1) is 0 Å². The minimum atomic E-state index is -1.52. The summed E-state index contributed by atoms with van der Waals surface area (Å²) in [4.78, 5) is 0. The van der Waals surface area contributed by atoms with E-state index in [1.165, 1.54) is 6.42 Å². The highest BCUT2D eigenvalue weighted by Gasteiger charge is 2.56. The fourth-order valence-electron chi connectivity index (χ4n) is 1.69. The Morgan fingerprint density at radius 3 is 2.36 bits per heavy atom. The van der Waals surface area contributed by atoms with Crippen LogP contribution in [0.2, 0.25) is 18.1 Å². The zero-order valence-corrected chi connectivity index (χ0v) is 11.0. The van der Waals surface area contributed by atoms with Crippen molar-refractivity contribution in [1.29, 1.82) is 0 Å². The molecular formula is C11H22O2Si. The van der Waals surface area contributed by atoms with Gasteiger partial charge in [-0.25, -0.2) is 0 Å². The van der Waals surface area contributed by atoms with E-state index in [0.717, 1.165) is 6.61 Å². The molecule has 0 aromatic heterocycles. The Kier molecular flexibility index (Phi) is 2.33. The lowest BCUT2D eigenvalue weighted by atomic mass is 9.86. The van der Waals surface area contributed by atoms with Crippen LogP contribution in [0.4, 0.5) is 0 Å². The summed E-state index contributed by atoms with van der Waals surface area (Å²) in [5.41, 5.74) is 0. The van der Waals surface area contributed by atoms with E-state index in [9.17, 15) is 0 Å². The van der Waals surface area contributed by atoms with E-state index in [0.29, 0.717) is 23.2 Å². The Labute approximate surface area is 88.1 Å². The highest BCUT2D eigenvalue weighted by atomic mass is 28.4. The van der Waals surface area contributed by atoms with Crippen molar-refractivity contribution in [3.05, 3.63) is 0 Å². The number of hydrogen-bond donors (Lipinski definition) is 0. The quantitative estimate of drug-likeness (QED) is 0.532. The maximum Gasteiger partial charge on any atom is 0.191 e. The second-order valence-electron chi connectivity index (χ2n) is 6.21. The first kappa shape index (κ1) is 10.6. The molecule has 3 atom stereocenters. The topological polar surface area (TPSA) is 21.8 Å². The largest absolute Gasteiger partial charge is 0.416 e. The summed E-state index contributed by atoms with van der Waals surface area (Å²) >= 11 is 0. The summed E-state index contributed by atoms with van der Waals surface area (Å²) in [7, 11) is -1.52. The predicted octanol–water partition coefficient (Wildman–Crippen LogP) is 2.80. The van der Waals surface area contributed by atoms with E-state index in [-0.39, 0.29) is 0 Å². The standard InChI is InChI=1S/C11H22O2Si/c1-11(2,3)14(4,5)12-7-8-6-9-10(8)13-9/h8-10H,6-7H2,1-5H3/t8-,9-,10?/m1/s1. The van der Waals surface area contributed by atoms with Crippen LogP contribution in [0.5, 0.6) is 0 Å². The van der Waals surface area contributed by atoms with Gasteiger partial charge in [0.25, 0.3) is 0 Å². The first-order valence-corrected chi connectivity index (χ1v) is 8.51. The van der Waals surface area contributed by atoms with E-state index in [4.69, 9.17) is 9.16 Å². The van der Waals surface area contributed by atoms with Crippen molar-refractivity contribution >= 4 is 8.32 Å². The molecule has 3 heteroatoms. The van der Waals surface area contributed by atoms with Crippen LogP contribution in [0.15, 0.2) is 0 Å². The molecule has 0 N–H and O–H groups in total. The van der Waals surface area contributed by atoms with Gasteiger partial charge in [-0.05, 0) is 24.6 Å². The molecular weight excluding hydrogens is 192 g/mol. The lowest BCUT2D eigenvalue weighted by molar-refractivity contribution is 0.189. The van der Waals surface area contributed by atoms with Crippen LogP contribution in [0, 0.1) is 5.92 Å². The molecule has 0 radical (unpaired) electrons. The molecule has 1 heterocycles. The Morgan fingerprint density at radius 2 is 2.00 bits per heavy atom. The van der Waals surface area contributed by atoms with Crippen LogP contribution in [-0.4, -0.2) is 27.1 Å². The summed E-state index contributed by atoms with van der Waals surface area (Å²) in [6, 6.07) is 0. The fourth-order valence-corrected chi connectivity index (χ4v) is 2.76. The van der Waals surface area contributed by atoms with Gasteiger partial charge in [0.15, 0.2) is 8.32 Å². The van der Waals surface area contributed by atoms with E-state index in [1.54, 1.807) is 0 Å². The average Bonchev–Trinajstić information content (AvgIpc) is 2.59. The van der Waals surface area contributed by atoms with E-state index >= 15 is 0 Å². The third-order valence-electron chi connectivity index (χ3n) is 4.09. The molecule has 1 saturated heterocycles. The number of ether oxygens (including phenoxy) is 1. The van der Waals surface area contributed by atoms with Crippen molar-refractivity contribution in [3.63, 3.8) is 0 Å². The molecule has 1 unspecified atom stereocenters. The lowest BCUT2D eigenvalue weighted by Crippen LogP contribution is -2.43. The molecule has 1 aliphatic carbocycles. The molecule has 1 saturated carbocycles. The molecule has 1 aliphatic heterocycles. The maximum atomic E-state index is 6.15. The summed E-state index contributed by atoms with van der Waals surface area (Å²) in [5.74, 6) is 0.703. The monoisotopic (exact) mass is 214 g/mol. The van der Waals surface area contributed by atoms with Crippen molar-refractivity contribution in [2.24, 2.45) is 5.92 Å². The number of epoxide rings is 1. The van der Waals surface area contributed by atoms with Crippen LogP contribution < -0.4 is 0 Å². The molecule has 0 bridgehead atoms. The molecule has 82 valence electrons. The van der Waals surface area contributed by atoms with Crippen LogP contribution >= 0.6 is 0 Å². The number of fused-ring (bicyclic) bond motifs is 1. The smallest absolute Gasteiger partial charge is 0.191 e. The van der Waals surface area contributed by atoms with Gasteiger partial charge in [0.1, 0.15) is 0 Å². The van der Waals surface area contributed by atoms with Crippen molar-refractivity contribution in [3.8, 4) is 0 Å². The molecule has 0 aromatic rings. The zero-order valence-electron chi connectivity index (χ0n) is 9.96. The fraction of sp³-hybridized carbons (Fsp3) is 1.00. The van der Waals surface area contributed by atoms with Gasteiger partial charge < -0.3 is 9.16 Å². The molecule has 2 rings (SSSR count). The minimum Gasteiger partial charge on any atom is -0.416 e. The third kappa shape index (κ3) is 1.77. The third-order valence-corrected chi connectivity index (χ3v) is 8.59. The van der Waals surface area contributed by atoms with Crippen molar-refractivity contribution in [2.45, 2.75) is 57.5 Å². The summed E-state index contributed by atoms with van der Waals surface area (Å²) in [5, 5.41) is 0.334. The van der Waals surface area contributed by atoms with E-state index in [1.807, 2.05) is 0 Å². The Balaban J connectivity index is 1.78. The summed E-state index contributed by atoms with van der Waals surface area (Å²) in [6.45, 7) is 12.4. The van der Waals surface area contributed by atoms with Gasteiger partial charge in [-0.2, -0.15) is 0 Å². The van der Waals surface area contributed by atoms with E-state index < -0.39 is 8.32 Å². The highest BCUT2D eigenvalue weighted by molar-refractivity contribution is 6.74. The SMILES string of the molecule is CC(C)(C)[Si](C)(C)OC[C@H]1C[C@H]2OC12. The molecule has 0 spiro atoms. The van der Waals surface area contributed by atoms with Gasteiger partial charge in [-0.3, -0.25) is 0 Å². The second kappa shape index (κ2) is 3.06. The Bertz CT molecular complexity index is 232. The van der Waals surface area contributed by atoms with Gasteiger partial charge in [0, 0.05) is 12.5 Å². The predicted molar refractivity (Wildman–Crippen MR) is 59.9 cm³/mol. The molecule has 0 amide bonds. The van der Waals surface area contributed by atoms with Crippen LogP contribution in [0.3, 0.4) is 0 Å². The van der Waals surface area contributed by atoms with Crippen molar-refractivity contribution in [1.82, 2.24) is 0 Å². The van der Waals surface area contributed by atoms with Crippen molar-refractivity contribution in [2.75, 3.05) is 6.61 Å². The lowest BCUT2D eigenvalue weighted by Gasteiger charge is -2.37. The molecule has 2 nitrogen and oxygen atoms in total. The number of rotatable bonds is 3. The molecule has 14 heavy (non-hydrogen) atoms. The normalized spacial score (nSPS) is 36.2. The Hall–Kier alpha value is 0.137. The zero-order chi connectivity index (χ0) is 10.6. The number of hydrogen-bond acceptors (Lipinski definition) is 2. The molecule has 2 fully saturated rings. The molecule has 0 aromatic carbocycles. The van der Waals surface area contributed by atoms with Gasteiger partial charge in [-0.1, -0.05) is 20.8 Å². The van der Waals surface area contributed by atoms with E-state index in [2.05, 4.69) is 33.9 Å². The van der Waals surface area contributed by atoms with Gasteiger partial charge >= 0.3 is 0 Å². The second-order valence-corrected chi connectivity index (χ2v) is 11.0. The molecule has 2 aliphatic rings.